The fourth-order valence-corrected chi connectivity index (χ4v) is 2.84. The van der Waals surface area contributed by atoms with Gasteiger partial charge in [-0.15, -0.1) is 0 Å². The highest BCUT2D eigenvalue weighted by Crippen LogP contribution is 2.35. The van der Waals surface area contributed by atoms with Crippen LogP contribution in [-0.4, -0.2) is 36.4 Å². The summed E-state index contributed by atoms with van der Waals surface area (Å²) >= 11 is 0. The molecule has 0 radical (unpaired) electrons. The van der Waals surface area contributed by atoms with Gasteiger partial charge in [-0.25, -0.2) is 0 Å². The van der Waals surface area contributed by atoms with Crippen LogP contribution in [0, 0.1) is 0 Å². The number of carbonyl (C=O) groups excluding carboxylic acids is 1. The minimum atomic E-state index is 0.502. The molecule has 68 valence electrons. The minimum Gasteiger partial charge on any atom is -0.323 e. The van der Waals surface area contributed by atoms with Crippen LogP contribution < -0.4 is 0 Å². The van der Waals surface area contributed by atoms with Crippen molar-refractivity contribution in [1.29, 1.82) is 0 Å². The molecule has 2 saturated heterocycles. The van der Waals surface area contributed by atoms with E-state index in [4.69, 9.17) is 0 Å². The van der Waals surface area contributed by atoms with Gasteiger partial charge in [0.1, 0.15) is 5.78 Å². The van der Waals surface area contributed by atoms with Gasteiger partial charge in [-0.1, -0.05) is 0 Å². The smallest absolute Gasteiger partial charge is 0.144 e. The largest absolute Gasteiger partial charge is 0.323 e. The van der Waals surface area contributed by atoms with Crippen LogP contribution in [-0.2, 0) is 4.79 Å². The number of rotatable bonds is 0. The molecule has 2 aliphatic heterocycles. The zero-order valence-electron chi connectivity index (χ0n) is 8.05. The fourth-order valence-electron chi connectivity index (χ4n) is 2.84. The lowest BCUT2D eigenvalue weighted by Gasteiger charge is -2.50. The third-order valence-corrected chi connectivity index (χ3v) is 3.88. The molecule has 0 spiro atoms. The second-order valence-electron chi connectivity index (χ2n) is 4.81. The predicted molar refractivity (Wildman–Crippen MR) is 47.8 cm³/mol. The van der Waals surface area contributed by atoms with Gasteiger partial charge >= 0.3 is 0 Å². The van der Waals surface area contributed by atoms with Crippen LogP contribution >= 0.6 is 0 Å². The third kappa shape index (κ3) is 1.09. The maximum atomic E-state index is 11.4. The topological polar surface area (TPSA) is 17.1 Å². The number of piperidine rings is 2. The van der Waals surface area contributed by atoms with Crippen LogP contribution in [0.3, 0.4) is 0 Å². The average Bonchev–Trinajstić information content (AvgIpc) is 1.92. The van der Waals surface area contributed by atoms with Crippen LogP contribution in [0.5, 0.6) is 0 Å². The zero-order valence-corrected chi connectivity index (χ0v) is 8.05. The summed E-state index contributed by atoms with van der Waals surface area (Å²) < 4.78 is 1.10. The van der Waals surface area contributed by atoms with Gasteiger partial charge in [-0.3, -0.25) is 4.79 Å². The van der Waals surface area contributed by atoms with Crippen molar-refractivity contribution in [2.24, 2.45) is 0 Å². The Morgan fingerprint density at radius 2 is 1.67 bits per heavy atom. The summed E-state index contributed by atoms with van der Waals surface area (Å²) in [5.41, 5.74) is 0. The van der Waals surface area contributed by atoms with Gasteiger partial charge in [0.25, 0.3) is 0 Å². The standard InChI is InChI=1S/C10H18NO/c1-11(2)8-4-3-5-9(11)7-10(12)6-8/h8-9H,3-7H2,1-2H3/q+1/t8-,9-/m0/s1. The lowest BCUT2D eigenvalue weighted by atomic mass is 9.82. The molecule has 0 aromatic carbocycles. The Bertz CT molecular complexity index is 192. The lowest BCUT2D eigenvalue weighted by molar-refractivity contribution is -0.945. The molecule has 0 aromatic heterocycles. The molecule has 0 amide bonds. The molecule has 2 aliphatic rings. The molecule has 2 rings (SSSR count). The molecule has 12 heavy (non-hydrogen) atoms. The van der Waals surface area contributed by atoms with Crippen LogP contribution in [0.2, 0.25) is 0 Å². The molecule has 2 heteroatoms. The van der Waals surface area contributed by atoms with Crippen LogP contribution in [0.1, 0.15) is 32.1 Å². The summed E-state index contributed by atoms with van der Waals surface area (Å²) in [5, 5.41) is 0. The van der Waals surface area contributed by atoms with Gasteiger partial charge in [0.05, 0.1) is 39.0 Å². The first-order valence-corrected chi connectivity index (χ1v) is 4.96. The lowest BCUT2D eigenvalue weighted by Crippen LogP contribution is -2.62. The zero-order chi connectivity index (χ0) is 8.77. The molecule has 0 unspecified atom stereocenters. The van der Waals surface area contributed by atoms with E-state index in [1.54, 1.807) is 0 Å². The Hall–Kier alpha value is -0.370. The summed E-state index contributed by atoms with van der Waals surface area (Å²) in [7, 11) is 4.59. The molecular weight excluding hydrogens is 150 g/mol. The second-order valence-corrected chi connectivity index (χ2v) is 4.81. The molecule has 2 fully saturated rings. The van der Waals surface area contributed by atoms with Gasteiger partial charge in [0.15, 0.2) is 0 Å². The van der Waals surface area contributed by atoms with Crippen molar-refractivity contribution in [1.82, 2.24) is 0 Å². The van der Waals surface area contributed by atoms with Gasteiger partial charge in [0.2, 0.25) is 0 Å². The molecule has 0 aromatic rings. The second kappa shape index (κ2) is 2.56. The molecule has 2 bridgehead atoms. The highest BCUT2D eigenvalue weighted by atomic mass is 16.1. The first-order chi connectivity index (χ1) is 5.60. The summed E-state index contributed by atoms with van der Waals surface area (Å²) in [6.07, 6.45) is 5.53. The maximum absolute atomic E-state index is 11.4. The first kappa shape index (κ1) is 8.24. The number of Topliss-reactive ketones (excluding diaryl/α,β-unsaturated/α-hetero) is 1. The molecule has 2 atom stereocenters. The van der Waals surface area contributed by atoms with E-state index < -0.39 is 0 Å². The van der Waals surface area contributed by atoms with E-state index in [0.29, 0.717) is 17.9 Å². The van der Waals surface area contributed by atoms with E-state index in [1.165, 1.54) is 19.3 Å². The Kier molecular flexibility index (Phi) is 1.76. The van der Waals surface area contributed by atoms with E-state index in [0.717, 1.165) is 17.3 Å². The average molecular weight is 168 g/mol. The first-order valence-electron chi connectivity index (χ1n) is 4.96. The molecule has 2 heterocycles. The van der Waals surface area contributed by atoms with Crippen molar-refractivity contribution in [2.45, 2.75) is 44.2 Å². The quantitative estimate of drug-likeness (QED) is 0.499. The summed E-state index contributed by atoms with van der Waals surface area (Å²) in [5.74, 6) is 0.502. The van der Waals surface area contributed by atoms with E-state index in [1.807, 2.05) is 0 Å². The highest BCUT2D eigenvalue weighted by molar-refractivity contribution is 5.80. The summed E-state index contributed by atoms with van der Waals surface area (Å²) in [4.78, 5) is 11.4. The van der Waals surface area contributed by atoms with Crippen molar-refractivity contribution < 1.29 is 9.28 Å². The van der Waals surface area contributed by atoms with E-state index >= 15 is 0 Å². The fraction of sp³-hybridized carbons (Fsp3) is 0.900. The Morgan fingerprint density at radius 3 is 2.17 bits per heavy atom. The maximum Gasteiger partial charge on any atom is 0.144 e. The SMILES string of the molecule is C[N+]1(C)[C@H]2CCC[C@H]1CC(=O)C2. The minimum absolute atomic E-state index is 0.502. The van der Waals surface area contributed by atoms with E-state index in [-0.39, 0.29) is 0 Å². The predicted octanol–water partition coefficient (Wildman–Crippen LogP) is 1.35. The summed E-state index contributed by atoms with van der Waals surface area (Å²) in [6.45, 7) is 0. The number of fused-ring (bicyclic) bond motifs is 2. The molecule has 0 saturated carbocycles. The monoisotopic (exact) mass is 168 g/mol. The van der Waals surface area contributed by atoms with Gasteiger partial charge in [0, 0.05) is 12.8 Å². The van der Waals surface area contributed by atoms with Crippen molar-refractivity contribution in [3.63, 3.8) is 0 Å². The van der Waals surface area contributed by atoms with Crippen molar-refractivity contribution in [3.05, 3.63) is 0 Å². The van der Waals surface area contributed by atoms with E-state index in [9.17, 15) is 4.79 Å². The number of carbonyl (C=O) groups is 1. The Labute approximate surface area is 74.1 Å². The molecule has 0 aliphatic carbocycles. The van der Waals surface area contributed by atoms with Gasteiger partial charge in [-0.2, -0.15) is 0 Å². The summed E-state index contributed by atoms with van der Waals surface area (Å²) in [6, 6.07) is 1.26. The Balaban J connectivity index is 2.23. The number of hydrogen-bond donors (Lipinski definition) is 0. The van der Waals surface area contributed by atoms with Crippen LogP contribution in [0.15, 0.2) is 0 Å². The molecular formula is C10H18NO+. The van der Waals surface area contributed by atoms with E-state index in [2.05, 4.69) is 14.1 Å². The number of quaternary nitrogens is 1. The third-order valence-electron chi connectivity index (χ3n) is 3.88. The number of nitrogens with zero attached hydrogens (tertiary/aromatic N) is 1. The van der Waals surface area contributed by atoms with Gasteiger partial charge in [-0.05, 0) is 6.42 Å². The van der Waals surface area contributed by atoms with Crippen LogP contribution in [0.25, 0.3) is 0 Å². The Morgan fingerprint density at radius 1 is 1.17 bits per heavy atom. The van der Waals surface area contributed by atoms with Crippen LogP contribution in [0.4, 0.5) is 0 Å². The molecule has 2 nitrogen and oxygen atoms in total. The normalized spacial score (nSPS) is 39.7. The number of hydrogen-bond acceptors (Lipinski definition) is 1. The highest BCUT2D eigenvalue weighted by Gasteiger charge is 2.45. The van der Waals surface area contributed by atoms with Gasteiger partial charge < -0.3 is 4.48 Å². The van der Waals surface area contributed by atoms with Crippen molar-refractivity contribution >= 4 is 5.78 Å². The van der Waals surface area contributed by atoms with Crippen molar-refractivity contribution in [3.8, 4) is 0 Å². The number of ketones is 1. The molecule has 0 N–H and O–H groups in total. The van der Waals surface area contributed by atoms with Crippen molar-refractivity contribution in [2.75, 3.05) is 14.1 Å².